The minimum Gasteiger partial charge on any atom is -0.465 e. The van der Waals surface area contributed by atoms with Crippen LogP contribution in [0.1, 0.15) is 28.1 Å². The maximum absolute atomic E-state index is 11.4. The van der Waals surface area contributed by atoms with Crippen molar-refractivity contribution in [3.8, 4) is 0 Å². The summed E-state index contributed by atoms with van der Waals surface area (Å²) in [6.07, 6.45) is 3.70. The highest BCUT2D eigenvalue weighted by Crippen LogP contribution is 2.39. The van der Waals surface area contributed by atoms with E-state index in [2.05, 4.69) is 5.32 Å². The number of hydrogen-bond donors (Lipinski definition) is 2. The number of hydrogen-bond acceptors (Lipinski definition) is 5. The molecule has 1 aromatic rings. The van der Waals surface area contributed by atoms with Crippen LogP contribution in [0.2, 0.25) is 0 Å². The van der Waals surface area contributed by atoms with Gasteiger partial charge in [-0.2, -0.15) is 0 Å². The van der Waals surface area contributed by atoms with Crippen molar-refractivity contribution >= 4 is 29.2 Å². The van der Waals surface area contributed by atoms with Crippen LogP contribution in [0.5, 0.6) is 0 Å². The van der Waals surface area contributed by atoms with E-state index < -0.39 is 0 Å². The quantitative estimate of drug-likeness (QED) is 0.634. The van der Waals surface area contributed by atoms with Crippen LogP contribution >= 0.6 is 11.3 Å². The monoisotopic (exact) mass is 264 g/mol. The molecular weight excluding hydrogens is 248 g/mol. The molecule has 0 amide bonds. The topological polar surface area (TPSA) is 62.2 Å². The Balaban J connectivity index is 2.35. The summed E-state index contributed by atoms with van der Waals surface area (Å²) >= 11 is 1.36. The molecule has 0 aliphatic heterocycles. The SMILES string of the molecule is CN/C(=C(\C=N)C1CC1)c1csc(C(=O)OC)c1. The Morgan fingerprint density at radius 3 is 2.83 bits per heavy atom. The molecule has 4 nitrogen and oxygen atoms in total. The maximum Gasteiger partial charge on any atom is 0.348 e. The van der Waals surface area contributed by atoms with Crippen LogP contribution in [0.25, 0.3) is 5.70 Å². The van der Waals surface area contributed by atoms with E-state index in [1.165, 1.54) is 24.7 Å². The Labute approximate surface area is 110 Å². The van der Waals surface area contributed by atoms with E-state index in [0.717, 1.165) is 29.7 Å². The van der Waals surface area contributed by atoms with Gasteiger partial charge in [0.25, 0.3) is 0 Å². The lowest BCUT2D eigenvalue weighted by Gasteiger charge is -2.09. The van der Waals surface area contributed by atoms with E-state index in [4.69, 9.17) is 10.1 Å². The van der Waals surface area contributed by atoms with Crippen LogP contribution in [0.4, 0.5) is 0 Å². The zero-order chi connectivity index (χ0) is 13.1. The van der Waals surface area contributed by atoms with Crippen molar-refractivity contribution in [3.05, 3.63) is 27.5 Å². The van der Waals surface area contributed by atoms with E-state index in [0.29, 0.717) is 10.8 Å². The summed E-state index contributed by atoms with van der Waals surface area (Å²) in [5, 5.41) is 12.6. The molecule has 0 aromatic carbocycles. The maximum atomic E-state index is 11.4. The highest BCUT2D eigenvalue weighted by Gasteiger charge is 2.28. The van der Waals surface area contributed by atoms with Crippen LogP contribution in [-0.4, -0.2) is 26.3 Å². The van der Waals surface area contributed by atoms with Crippen molar-refractivity contribution in [1.29, 1.82) is 5.41 Å². The molecule has 0 radical (unpaired) electrons. The summed E-state index contributed by atoms with van der Waals surface area (Å²) in [6.45, 7) is 0. The molecule has 1 aromatic heterocycles. The molecular formula is C13H16N2O2S. The highest BCUT2D eigenvalue weighted by atomic mass is 32.1. The average Bonchev–Trinajstić information content (AvgIpc) is 3.12. The largest absolute Gasteiger partial charge is 0.465 e. The summed E-state index contributed by atoms with van der Waals surface area (Å²) in [7, 11) is 3.22. The molecule has 96 valence electrons. The fraction of sp³-hybridized carbons (Fsp3) is 0.385. The van der Waals surface area contributed by atoms with Crippen LogP contribution in [0, 0.1) is 11.3 Å². The fourth-order valence-corrected chi connectivity index (χ4v) is 2.73. The molecule has 1 saturated carbocycles. The highest BCUT2D eigenvalue weighted by molar-refractivity contribution is 7.12. The van der Waals surface area contributed by atoms with Gasteiger partial charge in [0.05, 0.1) is 7.11 Å². The third kappa shape index (κ3) is 2.46. The molecule has 0 bridgehead atoms. The number of esters is 1. The van der Waals surface area contributed by atoms with Crippen molar-refractivity contribution in [2.45, 2.75) is 12.8 Å². The lowest BCUT2D eigenvalue weighted by atomic mass is 10.1. The lowest BCUT2D eigenvalue weighted by Crippen LogP contribution is -2.09. The van der Waals surface area contributed by atoms with Crippen LogP contribution in [0.3, 0.4) is 0 Å². The summed E-state index contributed by atoms with van der Waals surface area (Å²) in [5.74, 6) is 0.177. The number of rotatable bonds is 5. The van der Waals surface area contributed by atoms with Crippen molar-refractivity contribution in [2.24, 2.45) is 5.92 Å². The molecule has 1 aliphatic rings. The van der Waals surface area contributed by atoms with Gasteiger partial charge in [0.1, 0.15) is 4.88 Å². The lowest BCUT2D eigenvalue weighted by molar-refractivity contribution is 0.0606. The van der Waals surface area contributed by atoms with Crippen molar-refractivity contribution in [1.82, 2.24) is 5.32 Å². The molecule has 2 N–H and O–H groups in total. The van der Waals surface area contributed by atoms with E-state index in [-0.39, 0.29) is 5.97 Å². The molecule has 0 spiro atoms. The van der Waals surface area contributed by atoms with Crippen LogP contribution in [0.15, 0.2) is 17.0 Å². The summed E-state index contributed by atoms with van der Waals surface area (Å²) in [5.41, 5.74) is 2.92. The molecule has 0 atom stereocenters. The first-order chi connectivity index (χ1) is 8.71. The van der Waals surface area contributed by atoms with Gasteiger partial charge in [-0.05, 0) is 30.4 Å². The van der Waals surface area contributed by atoms with Crippen LogP contribution < -0.4 is 5.32 Å². The van der Waals surface area contributed by atoms with Gasteiger partial charge in [0.2, 0.25) is 0 Å². The molecule has 0 unspecified atom stereocenters. The summed E-state index contributed by atoms with van der Waals surface area (Å²) in [4.78, 5) is 12.0. The zero-order valence-corrected chi connectivity index (χ0v) is 11.3. The van der Waals surface area contributed by atoms with Gasteiger partial charge in [-0.15, -0.1) is 11.3 Å². The number of carbonyl (C=O) groups excluding carboxylic acids is 1. The molecule has 2 rings (SSSR count). The van der Waals surface area contributed by atoms with E-state index in [9.17, 15) is 4.79 Å². The molecule has 1 heterocycles. The van der Waals surface area contributed by atoms with Gasteiger partial charge in [0, 0.05) is 29.9 Å². The fourth-order valence-electron chi connectivity index (χ4n) is 1.92. The first kappa shape index (κ1) is 12.8. The Morgan fingerprint density at radius 1 is 1.61 bits per heavy atom. The van der Waals surface area contributed by atoms with E-state index in [1.54, 1.807) is 0 Å². The molecule has 18 heavy (non-hydrogen) atoms. The van der Waals surface area contributed by atoms with Gasteiger partial charge in [-0.1, -0.05) is 0 Å². The van der Waals surface area contributed by atoms with Gasteiger partial charge < -0.3 is 15.5 Å². The van der Waals surface area contributed by atoms with Crippen molar-refractivity contribution in [2.75, 3.05) is 14.2 Å². The second kappa shape index (κ2) is 5.35. The Bertz CT molecular complexity index is 501. The third-order valence-corrected chi connectivity index (χ3v) is 3.90. The molecule has 5 heteroatoms. The first-order valence-corrected chi connectivity index (χ1v) is 6.68. The van der Waals surface area contributed by atoms with Gasteiger partial charge in [-0.3, -0.25) is 0 Å². The van der Waals surface area contributed by atoms with E-state index in [1.807, 2.05) is 18.5 Å². The van der Waals surface area contributed by atoms with Gasteiger partial charge in [-0.25, -0.2) is 4.79 Å². The first-order valence-electron chi connectivity index (χ1n) is 5.80. The molecule has 1 aliphatic carbocycles. The number of carbonyl (C=O) groups is 1. The molecule has 1 fully saturated rings. The predicted molar refractivity (Wildman–Crippen MR) is 73.1 cm³/mol. The number of methoxy groups -OCH3 is 1. The number of allylic oxidation sites excluding steroid dienone is 1. The van der Waals surface area contributed by atoms with Crippen molar-refractivity contribution in [3.63, 3.8) is 0 Å². The Kier molecular flexibility index (Phi) is 3.81. The second-order valence-electron chi connectivity index (χ2n) is 4.19. The normalized spacial score (nSPS) is 15.9. The summed E-state index contributed by atoms with van der Waals surface area (Å²) < 4.78 is 4.70. The Morgan fingerprint density at radius 2 is 2.33 bits per heavy atom. The molecule has 0 saturated heterocycles. The van der Waals surface area contributed by atoms with Gasteiger partial charge in [0.15, 0.2) is 0 Å². The summed E-state index contributed by atoms with van der Waals surface area (Å²) in [6, 6.07) is 1.81. The minimum absolute atomic E-state index is 0.315. The van der Waals surface area contributed by atoms with Gasteiger partial charge >= 0.3 is 5.97 Å². The van der Waals surface area contributed by atoms with E-state index >= 15 is 0 Å². The Hall–Kier alpha value is -1.62. The number of nitrogens with one attached hydrogen (secondary N) is 2. The predicted octanol–water partition coefficient (Wildman–Crippen LogP) is 2.52. The van der Waals surface area contributed by atoms with Crippen LogP contribution in [-0.2, 0) is 4.74 Å². The van der Waals surface area contributed by atoms with Crippen molar-refractivity contribution < 1.29 is 9.53 Å². The zero-order valence-electron chi connectivity index (χ0n) is 10.4. The number of ether oxygens (including phenoxy) is 1. The standard InChI is InChI=1S/C13H16N2O2S/c1-15-12(10(6-14)8-3-4-8)9-5-11(18-7-9)13(16)17-2/h5-8,14-15H,3-4H2,1-2H3/b12-10+,14-6?. The minimum atomic E-state index is -0.315. The smallest absolute Gasteiger partial charge is 0.348 e. The average molecular weight is 264 g/mol. The number of thiophene rings is 1. The second-order valence-corrected chi connectivity index (χ2v) is 5.10. The third-order valence-electron chi connectivity index (χ3n) is 2.99.